The highest BCUT2D eigenvalue weighted by atomic mass is 32.2. The van der Waals surface area contributed by atoms with Crippen molar-refractivity contribution in [2.75, 3.05) is 5.75 Å². The van der Waals surface area contributed by atoms with Crippen LogP contribution in [0.15, 0.2) is 69.9 Å². The third-order valence-corrected chi connectivity index (χ3v) is 4.34. The molecule has 0 radical (unpaired) electrons. The van der Waals surface area contributed by atoms with E-state index in [1.54, 1.807) is 12.1 Å². The Hall–Kier alpha value is -3.06. The molecule has 1 heterocycles. The molecule has 0 fully saturated rings. The molecule has 0 bridgehead atoms. The minimum absolute atomic E-state index is 0.118. The average molecular weight is 367 g/mol. The number of thioether (sulfide) groups is 1. The summed E-state index contributed by atoms with van der Waals surface area (Å²) in [6.07, 6.45) is 3.67. The summed E-state index contributed by atoms with van der Waals surface area (Å²) in [5.74, 6) is -0.0476. The van der Waals surface area contributed by atoms with E-state index < -0.39 is 0 Å². The Kier molecular flexibility index (Phi) is 5.70. The summed E-state index contributed by atoms with van der Waals surface area (Å²) in [6.45, 7) is 3.65. The standard InChI is InChI=1S/C19H17N3O3S/c1-2-6-13-7-5-8-14(18(13)24)11-20-22-17(23)12-26-19-21-15-9-3-4-10-16(15)25-19/h2-5,7-11,24H,1,6,12H2,(H,22,23). The van der Waals surface area contributed by atoms with Gasteiger partial charge in [0.2, 0.25) is 0 Å². The molecule has 3 rings (SSSR count). The maximum atomic E-state index is 11.9. The molecule has 0 saturated carbocycles. The Morgan fingerprint density at radius 1 is 1.31 bits per heavy atom. The molecule has 2 aromatic carbocycles. The Morgan fingerprint density at radius 2 is 2.15 bits per heavy atom. The van der Waals surface area contributed by atoms with Crippen LogP contribution >= 0.6 is 11.8 Å². The molecule has 1 amide bonds. The Labute approximate surface area is 154 Å². The number of phenols is 1. The van der Waals surface area contributed by atoms with Crippen molar-refractivity contribution in [1.29, 1.82) is 0 Å². The first-order valence-corrected chi connectivity index (χ1v) is 8.88. The lowest BCUT2D eigenvalue weighted by atomic mass is 10.1. The summed E-state index contributed by atoms with van der Waals surface area (Å²) in [5, 5.41) is 14.4. The third-order valence-electron chi connectivity index (χ3n) is 3.51. The quantitative estimate of drug-likeness (QED) is 0.289. The van der Waals surface area contributed by atoms with Gasteiger partial charge in [0.05, 0.1) is 12.0 Å². The van der Waals surface area contributed by atoms with Crippen LogP contribution in [0.4, 0.5) is 0 Å². The van der Waals surface area contributed by atoms with E-state index in [9.17, 15) is 9.90 Å². The fraction of sp³-hybridized carbons (Fsp3) is 0.105. The minimum Gasteiger partial charge on any atom is -0.507 e. The zero-order chi connectivity index (χ0) is 18.4. The SMILES string of the molecule is C=CCc1cccc(C=NNC(=O)CSc2nc3ccccc3o2)c1O. The van der Waals surface area contributed by atoms with Gasteiger partial charge in [-0.1, -0.05) is 42.1 Å². The summed E-state index contributed by atoms with van der Waals surface area (Å²) in [4.78, 5) is 16.2. The second kappa shape index (κ2) is 8.35. The number of carbonyl (C=O) groups excluding carboxylic acids is 1. The van der Waals surface area contributed by atoms with E-state index >= 15 is 0 Å². The van der Waals surface area contributed by atoms with E-state index in [1.165, 1.54) is 18.0 Å². The number of rotatable bonds is 7. The first-order chi connectivity index (χ1) is 12.7. The molecule has 7 heteroatoms. The van der Waals surface area contributed by atoms with Gasteiger partial charge < -0.3 is 9.52 Å². The number of nitrogens with one attached hydrogen (secondary N) is 1. The third kappa shape index (κ3) is 4.31. The van der Waals surface area contributed by atoms with Crippen LogP contribution in [-0.2, 0) is 11.2 Å². The molecule has 0 saturated heterocycles. The van der Waals surface area contributed by atoms with Crippen molar-refractivity contribution in [2.24, 2.45) is 5.10 Å². The summed E-state index contributed by atoms with van der Waals surface area (Å²) in [6, 6.07) is 12.7. The van der Waals surface area contributed by atoms with Crippen molar-refractivity contribution in [3.05, 3.63) is 66.2 Å². The second-order valence-corrected chi connectivity index (χ2v) is 6.30. The minimum atomic E-state index is -0.296. The summed E-state index contributed by atoms with van der Waals surface area (Å²) < 4.78 is 5.54. The van der Waals surface area contributed by atoms with Crippen LogP contribution in [0.3, 0.4) is 0 Å². The molecular weight excluding hydrogens is 350 g/mol. The maximum Gasteiger partial charge on any atom is 0.257 e. The maximum absolute atomic E-state index is 11.9. The molecule has 1 aromatic heterocycles. The van der Waals surface area contributed by atoms with Crippen LogP contribution in [0.5, 0.6) is 5.75 Å². The van der Waals surface area contributed by atoms with E-state index in [-0.39, 0.29) is 17.4 Å². The smallest absolute Gasteiger partial charge is 0.257 e. The van der Waals surface area contributed by atoms with E-state index in [4.69, 9.17) is 4.42 Å². The van der Waals surface area contributed by atoms with Crippen LogP contribution in [0.25, 0.3) is 11.1 Å². The Morgan fingerprint density at radius 3 is 2.96 bits per heavy atom. The number of hydrogen-bond donors (Lipinski definition) is 2. The molecule has 0 spiro atoms. The summed E-state index contributed by atoms with van der Waals surface area (Å²) >= 11 is 1.19. The van der Waals surface area contributed by atoms with Crippen molar-refractivity contribution in [3.63, 3.8) is 0 Å². The number of carbonyl (C=O) groups is 1. The van der Waals surface area contributed by atoms with Crippen LogP contribution in [0.1, 0.15) is 11.1 Å². The van der Waals surface area contributed by atoms with E-state index in [0.29, 0.717) is 22.8 Å². The first kappa shape index (κ1) is 17.8. The number of amides is 1. The fourth-order valence-electron chi connectivity index (χ4n) is 2.28. The van der Waals surface area contributed by atoms with Gasteiger partial charge in [0.25, 0.3) is 11.1 Å². The molecule has 0 unspecified atom stereocenters. The number of aromatic nitrogens is 1. The van der Waals surface area contributed by atoms with E-state index in [1.807, 2.05) is 36.4 Å². The molecular formula is C19H17N3O3S. The predicted molar refractivity (Wildman–Crippen MR) is 102 cm³/mol. The van der Waals surface area contributed by atoms with Gasteiger partial charge in [0.1, 0.15) is 11.3 Å². The number of allylic oxidation sites excluding steroid dienone is 1. The van der Waals surface area contributed by atoms with Gasteiger partial charge in [-0.3, -0.25) is 4.79 Å². The Balaban J connectivity index is 1.54. The van der Waals surface area contributed by atoms with Crippen LogP contribution in [-0.4, -0.2) is 28.0 Å². The van der Waals surface area contributed by atoms with Gasteiger partial charge in [0.15, 0.2) is 5.58 Å². The molecule has 3 aromatic rings. The number of phenolic OH excluding ortho intramolecular Hbond substituents is 1. The number of hydrogen-bond acceptors (Lipinski definition) is 6. The lowest BCUT2D eigenvalue weighted by Crippen LogP contribution is -2.19. The number of aromatic hydroxyl groups is 1. The predicted octanol–water partition coefficient (Wildman–Crippen LogP) is 3.50. The second-order valence-electron chi connectivity index (χ2n) is 5.38. The fourth-order valence-corrected chi connectivity index (χ4v) is 2.91. The largest absolute Gasteiger partial charge is 0.507 e. The van der Waals surface area contributed by atoms with Gasteiger partial charge in [-0.25, -0.2) is 10.4 Å². The number of fused-ring (bicyclic) bond motifs is 1. The zero-order valence-corrected chi connectivity index (χ0v) is 14.7. The molecule has 0 aliphatic carbocycles. The summed E-state index contributed by atoms with van der Waals surface area (Å²) in [7, 11) is 0. The molecule has 0 aliphatic heterocycles. The molecule has 0 atom stereocenters. The molecule has 26 heavy (non-hydrogen) atoms. The van der Waals surface area contributed by atoms with Crippen molar-refractivity contribution in [1.82, 2.24) is 10.4 Å². The van der Waals surface area contributed by atoms with E-state index in [2.05, 4.69) is 22.1 Å². The normalized spacial score (nSPS) is 11.1. The van der Waals surface area contributed by atoms with Gasteiger partial charge in [0, 0.05) is 5.56 Å². The highest BCUT2D eigenvalue weighted by molar-refractivity contribution is 7.99. The molecule has 132 valence electrons. The topological polar surface area (TPSA) is 87.7 Å². The first-order valence-electron chi connectivity index (χ1n) is 7.89. The van der Waals surface area contributed by atoms with Crippen molar-refractivity contribution in [3.8, 4) is 5.75 Å². The molecule has 0 aliphatic rings. The number of benzene rings is 2. The number of hydrazone groups is 1. The lowest BCUT2D eigenvalue weighted by Gasteiger charge is -2.04. The van der Waals surface area contributed by atoms with Crippen molar-refractivity contribution >= 4 is 35.0 Å². The van der Waals surface area contributed by atoms with Gasteiger partial charge in [-0.05, 0) is 30.2 Å². The monoisotopic (exact) mass is 367 g/mol. The van der Waals surface area contributed by atoms with Crippen LogP contribution < -0.4 is 5.43 Å². The van der Waals surface area contributed by atoms with Gasteiger partial charge in [-0.15, -0.1) is 6.58 Å². The Bertz CT molecular complexity index is 933. The van der Waals surface area contributed by atoms with Gasteiger partial charge >= 0.3 is 0 Å². The van der Waals surface area contributed by atoms with Crippen LogP contribution in [0.2, 0.25) is 0 Å². The lowest BCUT2D eigenvalue weighted by molar-refractivity contribution is -0.118. The van der Waals surface area contributed by atoms with Crippen molar-refractivity contribution < 1.29 is 14.3 Å². The highest BCUT2D eigenvalue weighted by Crippen LogP contribution is 2.23. The number of para-hydroxylation sites is 3. The molecule has 2 N–H and O–H groups in total. The highest BCUT2D eigenvalue weighted by Gasteiger charge is 2.09. The number of nitrogens with zero attached hydrogens (tertiary/aromatic N) is 2. The van der Waals surface area contributed by atoms with Crippen molar-refractivity contribution in [2.45, 2.75) is 11.6 Å². The van der Waals surface area contributed by atoms with Crippen LogP contribution in [0, 0.1) is 0 Å². The summed E-state index contributed by atoms with van der Waals surface area (Å²) in [5.41, 5.74) is 5.14. The van der Waals surface area contributed by atoms with Gasteiger partial charge in [-0.2, -0.15) is 5.10 Å². The number of oxazole rings is 1. The van der Waals surface area contributed by atoms with E-state index in [0.717, 1.165) is 11.1 Å². The zero-order valence-electron chi connectivity index (χ0n) is 13.9. The average Bonchev–Trinajstić information content (AvgIpc) is 3.06. The molecule has 6 nitrogen and oxygen atoms in total.